The second-order valence-corrected chi connectivity index (χ2v) is 20.8. The zero-order chi connectivity index (χ0) is 51.8. The molecule has 2 bridgehead atoms. The summed E-state index contributed by atoms with van der Waals surface area (Å²) in [6.07, 6.45) is 2.36. The van der Waals surface area contributed by atoms with Gasteiger partial charge in [0.2, 0.25) is 11.8 Å². The summed E-state index contributed by atoms with van der Waals surface area (Å²) in [7, 11) is -10.2. The van der Waals surface area contributed by atoms with Crippen LogP contribution in [0, 0.1) is 70.5 Å². The fraction of sp³-hybridized carbons (Fsp3) is 0.718. The van der Waals surface area contributed by atoms with E-state index in [0.29, 0.717) is 24.3 Å². The van der Waals surface area contributed by atoms with Crippen LogP contribution in [-0.2, 0) is 86.3 Å². The molecule has 2 N–H and O–H groups in total. The third-order valence-electron chi connectivity index (χ3n) is 13.2. The Bertz CT molecular complexity index is 2190. The first-order valence-electron chi connectivity index (χ1n) is 20.8. The van der Waals surface area contributed by atoms with Crippen LogP contribution >= 0.6 is 0 Å². The predicted molar refractivity (Wildman–Crippen MR) is 214 cm³/mol. The molecule has 2 saturated carbocycles. The summed E-state index contributed by atoms with van der Waals surface area (Å²) in [5.74, 6) is -10.5. The van der Waals surface area contributed by atoms with E-state index in [-0.39, 0.29) is 69.1 Å². The summed E-state index contributed by atoms with van der Waals surface area (Å²) < 4.78 is 94.3. The lowest BCUT2D eigenvalue weighted by atomic mass is 9.85. The third-order valence-corrected chi connectivity index (χ3v) is 15.4. The number of cyclic esters (lactones) is 2. The second-order valence-electron chi connectivity index (χ2n) is 17.7. The van der Waals surface area contributed by atoms with Crippen molar-refractivity contribution >= 4 is 85.2 Å². The molecule has 12 unspecified atom stereocenters. The van der Waals surface area contributed by atoms with Crippen molar-refractivity contribution < 1.29 is 101 Å². The predicted octanol–water partition coefficient (Wildman–Crippen LogP) is 1.33. The van der Waals surface area contributed by atoms with Crippen LogP contribution in [-0.4, -0.2) is 113 Å². The molecular formula is C39H53F3N4O19S2. The average molecular weight is 1000 g/mol. The van der Waals surface area contributed by atoms with Crippen LogP contribution in [0.4, 0.5) is 13.2 Å². The van der Waals surface area contributed by atoms with E-state index in [0.717, 1.165) is 6.42 Å². The molecule has 7 aliphatic rings. The van der Waals surface area contributed by atoms with E-state index in [2.05, 4.69) is 14.3 Å². The van der Waals surface area contributed by atoms with Gasteiger partial charge >= 0.3 is 27.6 Å². The number of hydroxylamine groups is 6. The van der Waals surface area contributed by atoms with Crippen LogP contribution in [0.25, 0.3) is 0 Å². The van der Waals surface area contributed by atoms with Gasteiger partial charge < -0.3 is 4.74 Å². The van der Waals surface area contributed by atoms with Gasteiger partial charge in [-0.2, -0.15) is 35.1 Å². The smallest absolute Gasteiger partial charge is 0.393 e. The number of Topliss-reactive ketones (excluding diaryl/α,β-unsaturated/α-hetero) is 1. The van der Waals surface area contributed by atoms with Crippen molar-refractivity contribution in [3.63, 3.8) is 0 Å². The molecule has 7 rings (SSSR count). The number of amides is 8. The lowest BCUT2D eigenvalue weighted by molar-refractivity contribution is -0.173. The standard InChI is InChI=1S/C14H19NO6S.C7H8F3NO5S.C6H9NO3.C6H9NO2.C6H8O3/c1-8-9(2)13(18)15(12(8)17)21-22(19,20)7-14-4-3-10(6-14)5-11(14)16;1-3-4(2)6(13)11(5(3)12)16-17(14,15)7(8,9)10;1-3-4(2)6(9)7(10)5(3)8;1-3-4(2)6(9)7-5(3)8;1-3-4(2)6(8)9-5(3)7/h8-10H,3-7H2,1-2H3;3-4H,1-2H3;3-4,10H,1-2H3;3-4H,1-2H3,(H,7,8,9);3-4H,1-2H3. The molecule has 376 valence electrons. The lowest BCUT2D eigenvalue weighted by Gasteiger charge is -2.25. The fourth-order valence-corrected chi connectivity index (χ4v) is 9.31. The SMILES string of the molecule is CC1C(=O)N(O)C(=O)C1C.CC1C(=O)N(OS(=O)(=O)C(F)(F)F)C(=O)C1C.CC1C(=O)N(OS(=O)(=O)CC23CCC(CC2=O)C3)C(=O)C1C.CC1C(=O)NC(=O)C1C.CC1C(=O)OC(=O)C1C. The number of halogens is 3. The fourth-order valence-electron chi connectivity index (χ4n) is 7.35. The van der Waals surface area contributed by atoms with Crippen molar-refractivity contribution in [3.05, 3.63) is 0 Å². The van der Waals surface area contributed by atoms with Gasteiger partial charge in [-0.15, -0.1) is 18.7 Å². The molecule has 7 fully saturated rings. The molecular weight excluding hydrogens is 950 g/mol. The van der Waals surface area contributed by atoms with E-state index >= 15 is 0 Å². The van der Waals surface area contributed by atoms with Gasteiger partial charge in [0.05, 0.1) is 17.6 Å². The maximum absolute atomic E-state index is 12.3. The van der Waals surface area contributed by atoms with Crippen LogP contribution in [0.3, 0.4) is 0 Å². The van der Waals surface area contributed by atoms with Crippen molar-refractivity contribution in [2.75, 3.05) is 5.75 Å². The minimum absolute atomic E-state index is 0.0447. The summed E-state index contributed by atoms with van der Waals surface area (Å²) in [4.78, 5) is 122. The first kappa shape index (κ1) is 56.3. The zero-order valence-corrected chi connectivity index (χ0v) is 39.6. The first-order chi connectivity index (χ1) is 30.4. The lowest BCUT2D eigenvalue weighted by Crippen LogP contribution is -2.39. The number of nitrogens with zero attached hydrogens (tertiary/aromatic N) is 3. The third kappa shape index (κ3) is 12.0. The van der Waals surface area contributed by atoms with E-state index < -0.39 is 108 Å². The number of rotatable bonds is 6. The molecule has 8 amide bonds. The molecule has 0 aromatic carbocycles. The Kier molecular flexibility index (Phi) is 17.4. The molecule has 2 aliphatic carbocycles. The summed E-state index contributed by atoms with van der Waals surface area (Å²) in [5.41, 5.74) is -6.57. The van der Waals surface area contributed by atoms with Gasteiger partial charge in [0.1, 0.15) is 5.78 Å². The van der Waals surface area contributed by atoms with Gasteiger partial charge in [-0.05, 0) is 25.2 Å². The number of ether oxygens (including phenoxy) is 1. The van der Waals surface area contributed by atoms with Crippen LogP contribution < -0.4 is 5.32 Å². The van der Waals surface area contributed by atoms with E-state index in [9.17, 15) is 82.7 Å². The normalized spacial score (nSPS) is 33.8. The van der Waals surface area contributed by atoms with Gasteiger partial charge in [0, 0.05) is 59.2 Å². The molecule has 0 aromatic heterocycles. The average Bonchev–Trinajstić information content (AvgIpc) is 4.02. The summed E-state index contributed by atoms with van der Waals surface area (Å²) >= 11 is 0. The van der Waals surface area contributed by atoms with Crippen molar-refractivity contribution in [1.29, 1.82) is 0 Å². The topological polar surface area (TPSA) is 326 Å². The Hall–Kier alpha value is -5.06. The monoisotopic (exact) mass is 1000 g/mol. The summed E-state index contributed by atoms with van der Waals surface area (Å²) in [5, 5.41) is 11.2. The number of alkyl halides is 3. The van der Waals surface area contributed by atoms with Gasteiger partial charge in [-0.25, -0.2) is 0 Å². The molecule has 23 nitrogen and oxygen atoms in total. The molecule has 5 heterocycles. The highest BCUT2D eigenvalue weighted by Crippen LogP contribution is 2.52. The molecule has 5 aliphatic heterocycles. The maximum Gasteiger partial charge on any atom is 0.525 e. The quantitative estimate of drug-likeness (QED) is 0.125. The summed E-state index contributed by atoms with van der Waals surface area (Å²) in [6, 6.07) is 0. The number of carbonyl (C=O) groups excluding carboxylic acids is 11. The van der Waals surface area contributed by atoms with E-state index in [4.69, 9.17) is 9.49 Å². The highest BCUT2D eigenvalue weighted by atomic mass is 32.2. The van der Waals surface area contributed by atoms with Crippen LogP contribution in [0.15, 0.2) is 0 Å². The van der Waals surface area contributed by atoms with E-state index in [1.54, 1.807) is 55.4 Å². The minimum Gasteiger partial charge on any atom is -0.393 e. The van der Waals surface area contributed by atoms with Gasteiger partial charge in [0.15, 0.2) is 0 Å². The van der Waals surface area contributed by atoms with Gasteiger partial charge in [0.25, 0.3) is 45.6 Å². The first-order valence-corrected chi connectivity index (χ1v) is 23.8. The largest absolute Gasteiger partial charge is 0.525 e. The van der Waals surface area contributed by atoms with Crippen molar-refractivity contribution in [1.82, 2.24) is 20.5 Å². The van der Waals surface area contributed by atoms with Crippen molar-refractivity contribution in [2.45, 2.75) is 100 Å². The number of nitrogens with one attached hydrogen (secondary N) is 1. The molecule has 0 aromatic rings. The Morgan fingerprint density at radius 1 is 0.597 bits per heavy atom. The Balaban J connectivity index is 0.000000234. The molecule has 12 atom stereocenters. The number of esters is 2. The number of hydrogen-bond acceptors (Lipinski definition) is 19. The van der Waals surface area contributed by atoms with Gasteiger partial charge in [-0.1, -0.05) is 69.2 Å². The Morgan fingerprint density at radius 3 is 1.19 bits per heavy atom. The van der Waals surface area contributed by atoms with Crippen LogP contribution in [0.5, 0.6) is 0 Å². The summed E-state index contributed by atoms with van der Waals surface area (Å²) in [6.45, 7) is 15.8. The highest BCUT2D eigenvalue weighted by molar-refractivity contribution is 7.87. The number of imide groups is 4. The molecule has 0 spiro atoms. The number of fused-ring (bicyclic) bond motifs is 2. The molecule has 0 radical (unpaired) electrons. The van der Waals surface area contributed by atoms with E-state index in [1.807, 2.05) is 0 Å². The Labute approximate surface area is 382 Å². The van der Waals surface area contributed by atoms with Crippen LogP contribution in [0.1, 0.15) is 94.9 Å². The molecule has 28 heteroatoms. The molecule has 5 saturated heterocycles. The van der Waals surface area contributed by atoms with E-state index in [1.165, 1.54) is 13.8 Å². The van der Waals surface area contributed by atoms with Crippen molar-refractivity contribution in [2.24, 2.45) is 70.5 Å². The minimum atomic E-state index is -6.01. The number of hydrogen-bond donors (Lipinski definition) is 2. The maximum atomic E-state index is 12.3. The number of ketones is 1. The van der Waals surface area contributed by atoms with Gasteiger partial charge in [-0.3, -0.25) is 63.3 Å². The second kappa shape index (κ2) is 20.7. The van der Waals surface area contributed by atoms with Crippen LogP contribution in [0.2, 0.25) is 0 Å². The highest BCUT2D eigenvalue weighted by Gasteiger charge is 2.56. The van der Waals surface area contributed by atoms with Crippen molar-refractivity contribution in [3.8, 4) is 0 Å². The molecule has 67 heavy (non-hydrogen) atoms. The zero-order valence-electron chi connectivity index (χ0n) is 38.0. The Morgan fingerprint density at radius 2 is 0.955 bits per heavy atom. The number of carbonyl (C=O) groups is 11.